The Morgan fingerprint density at radius 3 is 2.73 bits per heavy atom. The number of halogens is 2. The van der Waals surface area contributed by atoms with Crippen molar-refractivity contribution in [2.45, 2.75) is 30.3 Å². The molecule has 0 bridgehead atoms. The van der Waals surface area contributed by atoms with E-state index in [-0.39, 0.29) is 23.1 Å². The summed E-state index contributed by atoms with van der Waals surface area (Å²) in [6, 6.07) is 4.94. The summed E-state index contributed by atoms with van der Waals surface area (Å²) in [5.74, 6) is 0.0725. The molecule has 0 aliphatic heterocycles. The molecule has 118 valence electrons. The molecule has 1 amide bonds. The van der Waals surface area contributed by atoms with Crippen LogP contribution in [0.4, 0.5) is 5.95 Å². The molecular formula is C13H15Cl2N5OS. The van der Waals surface area contributed by atoms with Crippen LogP contribution in [0.5, 0.6) is 0 Å². The molecule has 1 aromatic carbocycles. The van der Waals surface area contributed by atoms with E-state index >= 15 is 0 Å². The average Bonchev–Trinajstić information content (AvgIpc) is 2.83. The van der Waals surface area contributed by atoms with Crippen LogP contribution >= 0.6 is 35.0 Å². The molecule has 2 aromatic rings. The average molecular weight is 360 g/mol. The SMILES string of the molecule is CC(Sc1n[nH]c(N)n1)C(=O)NC(C)c1ccc(Cl)cc1Cl. The number of anilines is 1. The van der Waals surface area contributed by atoms with Gasteiger partial charge in [0.1, 0.15) is 0 Å². The minimum absolute atomic E-state index is 0.146. The molecule has 0 saturated heterocycles. The van der Waals surface area contributed by atoms with Gasteiger partial charge in [-0.05, 0) is 31.5 Å². The summed E-state index contributed by atoms with van der Waals surface area (Å²) < 4.78 is 0. The van der Waals surface area contributed by atoms with Gasteiger partial charge in [0.2, 0.25) is 17.0 Å². The first kappa shape index (κ1) is 16.9. The Morgan fingerprint density at radius 2 is 2.14 bits per heavy atom. The van der Waals surface area contributed by atoms with Crippen LogP contribution < -0.4 is 11.1 Å². The molecule has 0 aliphatic carbocycles. The molecule has 0 aliphatic rings. The Kier molecular flexibility index (Phi) is 5.55. The number of hydrogen-bond donors (Lipinski definition) is 3. The molecule has 1 heterocycles. The molecule has 2 unspecified atom stereocenters. The number of nitrogens with one attached hydrogen (secondary N) is 2. The number of amides is 1. The summed E-state index contributed by atoms with van der Waals surface area (Å²) in [6.07, 6.45) is 0. The smallest absolute Gasteiger partial charge is 0.233 e. The van der Waals surface area contributed by atoms with E-state index in [2.05, 4.69) is 20.5 Å². The van der Waals surface area contributed by atoms with Crippen molar-refractivity contribution in [3.05, 3.63) is 33.8 Å². The van der Waals surface area contributed by atoms with E-state index in [1.165, 1.54) is 11.8 Å². The van der Waals surface area contributed by atoms with Gasteiger partial charge in [0.05, 0.1) is 11.3 Å². The molecule has 1 aromatic heterocycles. The van der Waals surface area contributed by atoms with Crippen LogP contribution in [0.15, 0.2) is 23.4 Å². The zero-order valence-corrected chi connectivity index (χ0v) is 14.3. The summed E-state index contributed by atoms with van der Waals surface area (Å²) >= 11 is 13.2. The number of nitrogens with zero attached hydrogens (tertiary/aromatic N) is 2. The van der Waals surface area contributed by atoms with Crippen LogP contribution in [-0.2, 0) is 4.79 Å². The van der Waals surface area contributed by atoms with Gasteiger partial charge in [0, 0.05) is 10.0 Å². The van der Waals surface area contributed by atoms with Crippen molar-refractivity contribution in [3.63, 3.8) is 0 Å². The Balaban J connectivity index is 1.98. The van der Waals surface area contributed by atoms with Gasteiger partial charge < -0.3 is 11.1 Å². The molecule has 0 radical (unpaired) electrons. The lowest BCUT2D eigenvalue weighted by atomic mass is 10.1. The van der Waals surface area contributed by atoms with Gasteiger partial charge in [0.15, 0.2) is 0 Å². The number of nitrogen functional groups attached to an aromatic ring is 1. The Morgan fingerprint density at radius 1 is 1.41 bits per heavy atom. The standard InChI is InChI=1S/C13H15Cl2N5OS/c1-6(9-4-3-8(14)5-10(9)15)17-11(21)7(2)22-13-18-12(16)19-20-13/h3-7H,1-2H3,(H,17,21)(H3,16,18,19,20). The summed E-state index contributed by atoms with van der Waals surface area (Å²) in [5.41, 5.74) is 6.25. The van der Waals surface area contributed by atoms with Crippen molar-refractivity contribution in [1.29, 1.82) is 0 Å². The zero-order chi connectivity index (χ0) is 16.3. The molecule has 6 nitrogen and oxygen atoms in total. The topological polar surface area (TPSA) is 96.7 Å². The number of hydrogen-bond acceptors (Lipinski definition) is 5. The van der Waals surface area contributed by atoms with Crippen LogP contribution in [0.1, 0.15) is 25.5 Å². The highest BCUT2D eigenvalue weighted by Crippen LogP contribution is 2.27. The summed E-state index contributed by atoms with van der Waals surface area (Å²) in [5, 5.41) is 10.4. The second kappa shape index (κ2) is 7.21. The second-order valence-corrected chi connectivity index (χ2v) is 6.81. The number of carbonyl (C=O) groups excluding carboxylic acids is 1. The maximum absolute atomic E-state index is 12.2. The fourth-order valence-corrected chi connectivity index (χ4v) is 3.10. The lowest BCUT2D eigenvalue weighted by Crippen LogP contribution is -2.33. The molecule has 0 fully saturated rings. The van der Waals surface area contributed by atoms with E-state index in [1.54, 1.807) is 25.1 Å². The van der Waals surface area contributed by atoms with Crippen molar-refractivity contribution in [2.24, 2.45) is 0 Å². The van der Waals surface area contributed by atoms with Crippen LogP contribution in [0.2, 0.25) is 10.0 Å². The maximum Gasteiger partial charge on any atom is 0.233 e. The van der Waals surface area contributed by atoms with Crippen molar-refractivity contribution < 1.29 is 4.79 Å². The maximum atomic E-state index is 12.2. The summed E-state index contributed by atoms with van der Waals surface area (Å²) in [4.78, 5) is 16.2. The van der Waals surface area contributed by atoms with E-state index in [0.717, 1.165) is 5.56 Å². The van der Waals surface area contributed by atoms with Gasteiger partial charge in [-0.25, -0.2) is 5.10 Å². The number of carbonyl (C=O) groups is 1. The fourth-order valence-electron chi connectivity index (χ4n) is 1.78. The van der Waals surface area contributed by atoms with E-state index < -0.39 is 0 Å². The highest BCUT2D eigenvalue weighted by Gasteiger charge is 2.20. The minimum Gasteiger partial charge on any atom is -0.368 e. The van der Waals surface area contributed by atoms with Crippen molar-refractivity contribution >= 4 is 46.8 Å². The number of aromatic amines is 1. The Hall–Kier alpha value is -1.44. The second-order valence-electron chi connectivity index (χ2n) is 4.66. The first-order chi connectivity index (χ1) is 10.4. The highest BCUT2D eigenvalue weighted by molar-refractivity contribution is 8.00. The number of benzene rings is 1. The highest BCUT2D eigenvalue weighted by atomic mass is 35.5. The van der Waals surface area contributed by atoms with Gasteiger partial charge in [-0.15, -0.1) is 5.10 Å². The molecule has 0 saturated carbocycles. The van der Waals surface area contributed by atoms with Gasteiger partial charge in [-0.1, -0.05) is 41.0 Å². The molecule has 0 spiro atoms. The van der Waals surface area contributed by atoms with E-state index in [9.17, 15) is 4.79 Å². The first-order valence-corrected chi connectivity index (χ1v) is 8.10. The van der Waals surface area contributed by atoms with Gasteiger partial charge in [-0.2, -0.15) is 4.98 Å². The third kappa shape index (κ3) is 4.28. The van der Waals surface area contributed by atoms with Gasteiger partial charge in [0.25, 0.3) is 0 Å². The van der Waals surface area contributed by atoms with Gasteiger partial charge in [-0.3, -0.25) is 4.79 Å². The van der Waals surface area contributed by atoms with E-state index in [4.69, 9.17) is 28.9 Å². The lowest BCUT2D eigenvalue weighted by molar-refractivity contribution is -0.120. The third-order valence-corrected chi connectivity index (χ3v) is 4.44. The Bertz CT molecular complexity index is 678. The molecular weight excluding hydrogens is 345 g/mol. The van der Waals surface area contributed by atoms with Gasteiger partial charge >= 0.3 is 0 Å². The van der Waals surface area contributed by atoms with Crippen molar-refractivity contribution in [1.82, 2.24) is 20.5 Å². The predicted molar refractivity (Wildman–Crippen MR) is 89.1 cm³/mol. The van der Waals surface area contributed by atoms with E-state index in [0.29, 0.717) is 15.2 Å². The normalized spacial score (nSPS) is 13.6. The fraction of sp³-hybridized carbons (Fsp3) is 0.308. The lowest BCUT2D eigenvalue weighted by Gasteiger charge is -2.18. The van der Waals surface area contributed by atoms with Crippen LogP contribution in [0.25, 0.3) is 0 Å². The van der Waals surface area contributed by atoms with Crippen LogP contribution in [0, 0.1) is 0 Å². The monoisotopic (exact) mass is 359 g/mol. The summed E-state index contributed by atoms with van der Waals surface area (Å²) in [6.45, 7) is 3.62. The third-order valence-electron chi connectivity index (χ3n) is 2.92. The number of aromatic nitrogens is 3. The molecule has 9 heteroatoms. The van der Waals surface area contributed by atoms with Crippen molar-refractivity contribution in [3.8, 4) is 0 Å². The number of H-pyrrole nitrogens is 1. The predicted octanol–water partition coefficient (Wildman–Crippen LogP) is 3.05. The van der Waals surface area contributed by atoms with Crippen LogP contribution in [0.3, 0.4) is 0 Å². The number of rotatable bonds is 5. The molecule has 22 heavy (non-hydrogen) atoms. The minimum atomic E-state index is -0.372. The summed E-state index contributed by atoms with van der Waals surface area (Å²) in [7, 11) is 0. The first-order valence-electron chi connectivity index (χ1n) is 6.46. The van der Waals surface area contributed by atoms with Crippen molar-refractivity contribution in [2.75, 3.05) is 5.73 Å². The zero-order valence-electron chi connectivity index (χ0n) is 11.9. The quantitative estimate of drug-likeness (QED) is 0.712. The Labute approximate surface area is 142 Å². The van der Waals surface area contributed by atoms with Crippen LogP contribution in [-0.4, -0.2) is 26.3 Å². The number of nitrogens with two attached hydrogens (primary N) is 1. The molecule has 2 rings (SSSR count). The number of thioether (sulfide) groups is 1. The van der Waals surface area contributed by atoms with E-state index in [1.807, 2.05) is 6.92 Å². The largest absolute Gasteiger partial charge is 0.368 e. The molecule has 2 atom stereocenters. The molecule has 4 N–H and O–H groups in total.